The van der Waals surface area contributed by atoms with Crippen molar-refractivity contribution in [3.05, 3.63) is 106 Å². The molecule has 1 aliphatic heterocycles. The van der Waals surface area contributed by atoms with Crippen molar-refractivity contribution in [3.63, 3.8) is 0 Å². The van der Waals surface area contributed by atoms with E-state index in [1.165, 1.54) is 6.92 Å². The van der Waals surface area contributed by atoms with Gasteiger partial charge in [-0.25, -0.2) is 0 Å². The Labute approximate surface area is 266 Å². The van der Waals surface area contributed by atoms with Crippen LogP contribution in [0.4, 0.5) is 0 Å². The van der Waals surface area contributed by atoms with Gasteiger partial charge in [-0.15, -0.1) is 0 Å². The molecule has 9 nitrogen and oxygen atoms in total. The lowest BCUT2D eigenvalue weighted by atomic mass is 9.96. The molecule has 5 rings (SSSR count). The lowest BCUT2D eigenvalue weighted by molar-refractivity contribution is -0.145. The van der Waals surface area contributed by atoms with E-state index in [2.05, 4.69) is 11.4 Å². The maximum atomic E-state index is 11.7. The predicted octanol–water partition coefficient (Wildman–Crippen LogP) is 6.04. The van der Waals surface area contributed by atoms with Crippen LogP contribution in [0.2, 0.25) is 5.02 Å². The van der Waals surface area contributed by atoms with E-state index in [0.717, 1.165) is 39.3 Å². The third-order valence-corrected chi connectivity index (χ3v) is 8.08. The summed E-state index contributed by atoms with van der Waals surface area (Å²) in [4.78, 5) is 11.7. The Bertz CT molecular complexity index is 1750. The first-order valence-electron chi connectivity index (χ1n) is 14.4. The number of nitrogens with zero attached hydrogens (tertiary/aromatic N) is 1. The minimum Gasteiger partial charge on any atom is -0.487 e. The Kier molecular flexibility index (Phi) is 9.79. The van der Waals surface area contributed by atoms with Crippen LogP contribution in [0.15, 0.2) is 72.8 Å². The Morgan fingerprint density at radius 3 is 2.53 bits per heavy atom. The number of rotatable bonds is 12. The van der Waals surface area contributed by atoms with Gasteiger partial charge in [0.15, 0.2) is 11.5 Å². The van der Waals surface area contributed by atoms with Gasteiger partial charge in [0.25, 0.3) is 0 Å². The fourth-order valence-corrected chi connectivity index (χ4v) is 5.17. The van der Waals surface area contributed by atoms with Gasteiger partial charge in [-0.05, 0) is 72.0 Å². The standard InChI is InChI=1S/C35H33ClN2O7/c1-22-27(7-4-8-28(22)25-9-11-29-31(16-25)43-14-13-42-29)20-44-30-12-10-26(18-38-35(2,21-39)34(40)41)33(32(30)36)45-19-24-6-3-5-23(15-24)17-37/h3-12,15-16,38-39H,13-14,18-21H2,1-2H3,(H,40,41). The van der Waals surface area contributed by atoms with Crippen LogP contribution in [-0.4, -0.2) is 41.5 Å². The average Bonchev–Trinajstić information content (AvgIpc) is 3.06. The van der Waals surface area contributed by atoms with Crippen molar-refractivity contribution in [3.8, 4) is 40.2 Å². The van der Waals surface area contributed by atoms with E-state index < -0.39 is 18.1 Å². The minimum atomic E-state index is -1.57. The zero-order chi connectivity index (χ0) is 32.0. The third kappa shape index (κ3) is 7.15. The third-order valence-electron chi connectivity index (χ3n) is 7.72. The van der Waals surface area contributed by atoms with Crippen molar-refractivity contribution in [2.24, 2.45) is 0 Å². The Morgan fingerprint density at radius 1 is 1.00 bits per heavy atom. The number of nitriles is 1. The number of hydrogen-bond acceptors (Lipinski definition) is 8. The molecule has 0 aliphatic carbocycles. The molecule has 0 amide bonds. The molecule has 1 unspecified atom stereocenters. The largest absolute Gasteiger partial charge is 0.487 e. The highest BCUT2D eigenvalue weighted by Gasteiger charge is 2.32. The summed E-state index contributed by atoms with van der Waals surface area (Å²) in [7, 11) is 0. The minimum absolute atomic E-state index is 0.0492. The molecule has 0 radical (unpaired) electrons. The van der Waals surface area contributed by atoms with Gasteiger partial charge in [0, 0.05) is 12.1 Å². The number of carboxylic acid groups (broad SMARTS) is 1. The highest BCUT2D eigenvalue weighted by molar-refractivity contribution is 6.33. The molecule has 0 fully saturated rings. The van der Waals surface area contributed by atoms with Crippen LogP contribution in [0.5, 0.6) is 23.0 Å². The number of halogens is 1. The molecule has 232 valence electrons. The van der Waals surface area contributed by atoms with E-state index in [1.807, 2.05) is 49.4 Å². The summed E-state index contributed by atoms with van der Waals surface area (Å²) in [5.41, 5.74) is 4.29. The summed E-state index contributed by atoms with van der Waals surface area (Å²) in [6.45, 7) is 4.24. The number of hydrogen-bond donors (Lipinski definition) is 3. The smallest absolute Gasteiger partial charge is 0.326 e. The first-order valence-corrected chi connectivity index (χ1v) is 14.7. The molecule has 1 atom stereocenters. The monoisotopic (exact) mass is 628 g/mol. The Balaban J connectivity index is 1.39. The number of aliphatic hydroxyl groups excluding tert-OH is 1. The number of benzene rings is 4. The van der Waals surface area contributed by atoms with Gasteiger partial charge in [0.1, 0.15) is 48.5 Å². The Morgan fingerprint density at radius 2 is 1.78 bits per heavy atom. The highest BCUT2D eigenvalue weighted by Crippen LogP contribution is 2.39. The fraction of sp³-hybridized carbons (Fsp3) is 0.257. The van der Waals surface area contributed by atoms with Crippen LogP contribution < -0.4 is 24.3 Å². The van der Waals surface area contributed by atoms with Gasteiger partial charge in [0.05, 0.1) is 18.2 Å². The van der Waals surface area contributed by atoms with Crippen LogP contribution in [0.25, 0.3) is 11.1 Å². The van der Waals surface area contributed by atoms with Crippen molar-refractivity contribution >= 4 is 17.6 Å². The molecule has 0 aromatic heterocycles. The van der Waals surface area contributed by atoms with Crippen LogP contribution in [0, 0.1) is 18.3 Å². The van der Waals surface area contributed by atoms with Crippen LogP contribution in [-0.2, 0) is 24.6 Å². The van der Waals surface area contributed by atoms with Crippen molar-refractivity contribution in [1.29, 1.82) is 5.26 Å². The van der Waals surface area contributed by atoms with Crippen molar-refractivity contribution in [1.82, 2.24) is 5.32 Å². The van der Waals surface area contributed by atoms with E-state index in [1.54, 1.807) is 30.3 Å². The first kappa shape index (κ1) is 31.7. The second kappa shape index (κ2) is 13.9. The lowest BCUT2D eigenvalue weighted by Gasteiger charge is -2.25. The van der Waals surface area contributed by atoms with Crippen molar-refractivity contribution in [2.75, 3.05) is 19.8 Å². The number of aliphatic hydroxyl groups is 1. The van der Waals surface area contributed by atoms with Gasteiger partial charge in [-0.2, -0.15) is 5.26 Å². The quantitative estimate of drug-likeness (QED) is 0.172. The number of nitrogens with one attached hydrogen (secondary N) is 1. The molecule has 0 spiro atoms. The summed E-state index contributed by atoms with van der Waals surface area (Å²) < 4.78 is 23.8. The van der Waals surface area contributed by atoms with Gasteiger partial charge >= 0.3 is 5.97 Å². The molecule has 4 aromatic rings. The molecule has 1 heterocycles. The predicted molar refractivity (Wildman–Crippen MR) is 169 cm³/mol. The molecular weight excluding hydrogens is 596 g/mol. The van der Waals surface area contributed by atoms with E-state index >= 15 is 0 Å². The second-order valence-electron chi connectivity index (χ2n) is 10.9. The molecular formula is C35H33ClN2O7. The van der Waals surface area contributed by atoms with Crippen LogP contribution in [0.3, 0.4) is 0 Å². The number of ether oxygens (including phenoxy) is 4. The normalized spacial score (nSPS) is 13.4. The SMILES string of the molecule is Cc1c(COc2ccc(CNC(C)(CO)C(=O)O)c(OCc3cccc(C#N)c3)c2Cl)cccc1-c1ccc2c(c1)OCCO2. The zero-order valence-electron chi connectivity index (χ0n) is 24.9. The molecule has 0 saturated carbocycles. The van der Waals surface area contributed by atoms with E-state index in [0.29, 0.717) is 35.8 Å². The topological polar surface area (TPSA) is 130 Å². The highest BCUT2D eigenvalue weighted by atomic mass is 35.5. The Hall–Kier alpha value is -4.75. The van der Waals surface area contributed by atoms with E-state index in [4.69, 9.17) is 30.5 Å². The summed E-state index contributed by atoms with van der Waals surface area (Å²) >= 11 is 6.86. The second-order valence-corrected chi connectivity index (χ2v) is 11.2. The van der Waals surface area contributed by atoms with E-state index in [9.17, 15) is 20.3 Å². The lowest BCUT2D eigenvalue weighted by Crippen LogP contribution is -2.52. The zero-order valence-corrected chi connectivity index (χ0v) is 25.7. The number of carboxylic acids is 1. The van der Waals surface area contributed by atoms with E-state index in [-0.39, 0.29) is 24.8 Å². The maximum Gasteiger partial charge on any atom is 0.326 e. The molecule has 0 saturated heterocycles. The summed E-state index contributed by atoms with van der Waals surface area (Å²) in [5, 5.41) is 31.6. The molecule has 45 heavy (non-hydrogen) atoms. The molecule has 1 aliphatic rings. The van der Waals surface area contributed by atoms with Gasteiger partial charge < -0.3 is 29.2 Å². The van der Waals surface area contributed by atoms with Crippen molar-refractivity contribution in [2.45, 2.75) is 39.1 Å². The molecule has 3 N–H and O–H groups in total. The van der Waals surface area contributed by atoms with Crippen LogP contribution >= 0.6 is 11.6 Å². The average molecular weight is 629 g/mol. The first-order chi connectivity index (χ1) is 21.7. The van der Waals surface area contributed by atoms with Crippen LogP contribution in [0.1, 0.15) is 34.7 Å². The molecule has 10 heteroatoms. The summed E-state index contributed by atoms with van der Waals surface area (Å²) in [5.74, 6) is 0.941. The number of aliphatic carboxylic acids is 1. The summed E-state index contributed by atoms with van der Waals surface area (Å²) in [6.07, 6.45) is 0. The fourth-order valence-electron chi connectivity index (χ4n) is 4.88. The number of fused-ring (bicyclic) bond motifs is 1. The molecule has 0 bridgehead atoms. The van der Waals surface area contributed by atoms with Gasteiger partial charge in [-0.1, -0.05) is 54.1 Å². The van der Waals surface area contributed by atoms with Gasteiger partial charge in [-0.3, -0.25) is 10.1 Å². The summed E-state index contributed by atoms with van der Waals surface area (Å²) in [6, 6.07) is 24.5. The van der Waals surface area contributed by atoms with Gasteiger partial charge in [0.2, 0.25) is 0 Å². The van der Waals surface area contributed by atoms with Crippen molar-refractivity contribution < 1.29 is 34.0 Å². The maximum absolute atomic E-state index is 11.7. The number of carbonyl (C=O) groups is 1. The molecule has 4 aromatic carbocycles.